The molecule has 0 aromatic heterocycles. The Morgan fingerprint density at radius 2 is 2.13 bits per heavy atom. The van der Waals surface area contributed by atoms with Gasteiger partial charge in [0.05, 0.1) is 4.92 Å². The minimum atomic E-state index is -0.716. The molecule has 1 aromatic rings. The molecule has 0 amide bonds. The first-order valence-electron chi connectivity index (χ1n) is 4.11. The van der Waals surface area contributed by atoms with E-state index in [1.807, 2.05) is 0 Å². The van der Waals surface area contributed by atoms with Crippen LogP contribution in [0.2, 0.25) is 0 Å². The highest BCUT2D eigenvalue weighted by Crippen LogP contribution is 2.19. The fraction of sp³-hybridized carbons (Fsp3) is 0.222. The molecule has 0 N–H and O–H groups in total. The Labute approximate surface area is 94.3 Å². The van der Waals surface area contributed by atoms with E-state index >= 15 is 0 Å². The summed E-state index contributed by atoms with van der Waals surface area (Å²) in [7, 11) is 0. The molecule has 0 fully saturated rings. The van der Waals surface area contributed by atoms with Crippen molar-refractivity contribution >= 4 is 27.6 Å². The molecule has 0 spiro atoms. The summed E-state index contributed by atoms with van der Waals surface area (Å²) in [5, 5.41) is 10.1. The number of nitro groups is 1. The number of rotatable bonds is 3. The van der Waals surface area contributed by atoms with Crippen LogP contribution in [0.5, 0.6) is 0 Å². The van der Waals surface area contributed by atoms with Crippen molar-refractivity contribution < 1.29 is 14.5 Å². The Bertz CT molecular complexity index is 391. The Morgan fingerprint density at radius 1 is 1.53 bits per heavy atom. The second-order valence-corrected chi connectivity index (χ2v) is 4.01. The summed E-state index contributed by atoms with van der Waals surface area (Å²) < 4.78 is 4.80. The third-order valence-corrected chi connectivity index (χ3v) is 1.78. The monoisotopic (exact) mass is 273 g/mol. The fourth-order valence-electron chi connectivity index (χ4n) is 1.02. The number of ether oxygens (including phenoxy) is 1. The highest BCUT2D eigenvalue weighted by atomic mass is 79.9. The van der Waals surface area contributed by atoms with Crippen LogP contribution in [0.25, 0.3) is 0 Å². The van der Waals surface area contributed by atoms with Gasteiger partial charge in [0, 0.05) is 6.07 Å². The minimum absolute atomic E-state index is 0.0474. The molecule has 0 aliphatic carbocycles. The van der Waals surface area contributed by atoms with Crippen molar-refractivity contribution in [1.82, 2.24) is 0 Å². The van der Waals surface area contributed by atoms with Crippen molar-refractivity contribution in [3.8, 4) is 0 Å². The van der Waals surface area contributed by atoms with Crippen LogP contribution < -0.4 is 0 Å². The molecule has 15 heavy (non-hydrogen) atoms. The van der Waals surface area contributed by atoms with Crippen LogP contribution in [-0.4, -0.2) is 15.9 Å². The van der Waals surface area contributed by atoms with E-state index in [0.717, 1.165) is 0 Å². The molecule has 0 aliphatic rings. The van der Waals surface area contributed by atoms with Crippen molar-refractivity contribution in [2.75, 3.05) is 0 Å². The van der Waals surface area contributed by atoms with Gasteiger partial charge in [0.15, 0.2) is 5.01 Å². The Balaban J connectivity index is 3.03. The average Bonchev–Trinajstić information content (AvgIpc) is 2.16. The van der Waals surface area contributed by atoms with Crippen LogP contribution >= 0.6 is 15.9 Å². The van der Waals surface area contributed by atoms with Gasteiger partial charge in [-0.05, 0) is 28.9 Å². The maximum absolute atomic E-state index is 11.4. The predicted octanol–water partition coefficient (Wildman–Crippen LogP) is 2.49. The first-order valence-corrected chi connectivity index (χ1v) is 5.02. The fourth-order valence-corrected chi connectivity index (χ4v) is 1.19. The summed E-state index contributed by atoms with van der Waals surface area (Å²) in [6, 6.07) is 5.65. The summed E-state index contributed by atoms with van der Waals surface area (Å²) in [5.41, 5.74) is -0.301. The molecule has 0 saturated carbocycles. The zero-order chi connectivity index (χ0) is 11.4. The smallest absolute Gasteiger partial charge is 0.346 e. The number of alkyl halides is 1. The average molecular weight is 274 g/mol. The lowest BCUT2D eigenvalue weighted by atomic mass is 10.2. The van der Waals surface area contributed by atoms with Crippen LogP contribution in [0.1, 0.15) is 17.3 Å². The van der Waals surface area contributed by atoms with Gasteiger partial charge in [0.1, 0.15) is 5.56 Å². The molecular weight excluding hydrogens is 266 g/mol. The van der Waals surface area contributed by atoms with Crippen molar-refractivity contribution in [2.45, 2.75) is 11.9 Å². The lowest BCUT2D eigenvalue weighted by Crippen LogP contribution is -2.11. The van der Waals surface area contributed by atoms with Gasteiger partial charge in [-0.1, -0.05) is 12.1 Å². The topological polar surface area (TPSA) is 69.4 Å². The third kappa shape index (κ3) is 3.02. The number of para-hydroxylation sites is 1. The number of hydrogen-bond acceptors (Lipinski definition) is 4. The molecule has 0 radical (unpaired) electrons. The summed E-state index contributed by atoms with van der Waals surface area (Å²) in [6.45, 7) is 1.60. The second kappa shape index (κ2) is 4.88. The molecule has 1 aromatic carbocycles. The van der Waals surface area contributed by atoms with Crippen molar-refractivity contribution in [2.24, 2.45) is 0 Å². The van der Waals surface area contributed by atoms with Gasteiger partial charge in [0.2, 0.25) is 0 Å². The van der Waals surface area contributed by atoms with Crippen LogP contribution in [-0.2, 0) is 4.74 Å². The molecule has 0 heterocycles. The van der Waals surface area contributed by atoms with E-state index in [2.05, 4.69) is 15.9 Å². The molecule has 0 saturated heterocycles. The number of halogens is 1. The van der Waals surface area contributed by atoms with E-state index in [9.17, 15) is 14.9 Å². The van der Waals surface area contributed by atoms with Gasteiger partial charge >= 0.3 is 5.97 Å². The molecule has 6 heteroatoms. The van der Waals surface area contributed by atoms with E-state index in [1.54, 1.807) is 13.0 Å². The van der Waals surface area contributed by atoms with Gasteiger partial charge in [-0.25, -0.2) is 4.79 Å². The maximum Gasteiger partial charge on any atom is 0.346 e. The number of hydrogen-bond donors (Lipinski definition) is 0. The second-order valence-electron chi connectivity index (χ2n) is 2.72. The van der Waals surface area contributed by atoms with Gasteiger partial charge < -0.3 is 4.74 Å². The largest absolute Gasteiger partial charge is 0.447 e. The van der Waals surface area contributed by atoms with Crippen LogP contribution in [0.4, 0.5) is 5.69 Å². The molecule has 0 aliphatic heterocycles. The summed E-state index contributed by atoms with van der Waals surface area (Å²) >= 11 is 3.02. The number of carbonyl (C=O) groups excluding carboxylic acids is 1. The van der Waals surface area contributed by atoms with Crippen LogP contribution in [0, 0.1) is 10.1 Å². The van der Waals surface area contributed by atoms with E-state index in [-0.39, 0.29) is 11.3 Å². The van der Waals surface area contributed by atoms with Gasteiger partial charge in [-0.3, -0.25) is 10.1 Å². The van der Waals surface area contributed by atoms with Crippen molar-refractivity contribution in [1.29, 1.82) is 0 Å². The molecular formula is C9H8BrNO4. The molecule has 80 valence electrons. The Morgan fingerprint density at radius 3 is 2.67 bits per heavy atom. The summed E-state index contributed by atoms with van der Waals surface area (Å²) in [5.74, 6) is -0.716. The summed E-state index contributed by atoms with van der Waals surface area (Å²) in [6.07, 6.45) is 0. The third-order valence-electron chi connectivity index (χ3n) is 1.59. The SMILES string of the molecule is CC(Br)OC(=O)c1ccccc1[N+](=O)[O-]. The standard InChI is InChI=1S/C9H8BrNO4/c1-6(10)15-9(12)7-4-2-3-5-8(7)11(13)14/h2-6H,1H3. The van der Waals surface area contributed by atoms with Gasteiger partial charge in [-0.2, -0.15) is 0 Å². The summed E-state index contributed by atoms with van der Waals surface area (Å²) in [4.78, 5) is 21.4. The highest BCUT2D eigenvalue weighted by Gasteiger charge is 2.21. The van der Waals surface area contributed by atoms with Crippen LogP contribution in [0.3, 0.4) is 0 Å². The maximum atomic E-state index is 11.4. The van der Waals surface area contributed by atoms with Crippen molar-refractivity contribution in [3.63, 3.8) is 0 Å². The number of benzene rings is 1. The molecule has 0 bridgehead atoms. The normalized spacial score (nSPS) is 11.9. The first kappa shape index (κ1) is 11.6. The molecule has 1 unspecified atom stereocenters. The van der Waals surface area contributed by atoms with E-state index in [4.69, 9.17) is 4.74 Å². The van der Waals surface area contributed by atoms with Gasteiger partial charge in [-0.15, -0.1) is 0 Å². The highest BCUT2D eigenvalue weighted by molar-refractivity contribution is 9.09. The van der Waals surface area contributed by atoms with E-state index < -0.39 is 15.9 Å². The number of nitrogens with zero attached hydrogens (tertiary/aromatic N) is 1. The molecule has 5 nitrogen and oxygen atoms in total. The van der Waals surface area contributed by atoms with E-state index in [1.165, 1.54) is 18.2 Å². The zero-order valence-electron chi connectivity index (χ0n) is 7.84. The van der Waals surface area contributed by atoms with Gasteiger partial charge in [0.25, 0.3) is 5.69 Å². The van der Waals surface area contributed by atoms with Crippen LogP contribution in [0.15, 0.2) is 24.3 Å². The van der Waals surface area contributed by atoms with E-state index in [0.29, 0.717) is 0 Å². The minimum Gasteiger partial charge on any atom is -0.447 e. The lowest BCUT2D eigenvalue weighted by molar-refractivity contribution is -0.385. The predicted molar refractivity (Wildman–Crippen MR) is 56.9 cm³/mol. The Hall–Kier alpha value is -1.43. The molecule has 1 atom stereocenters. The Kier molecular flexibility index (Phi) is 3.79. The number of carbonyl (C=O) groups is 1. The van der Waals surface area contributed by atoms with Crippen molar-refractivity contribution in [3.05, 3.63) is 39.9 Å². The lowest BCUT2D eigenvalue weighted by Gasteiger charge is -2.06. The number of nitro benzene ring substituents is 1. The number of esters is 1. The molecule has 1 rings (SSSR count). The quantitative estimate of drug-likeness (QED) is 0.367. The first-order chi connectivity index (χ1) is 7.02. The zero-order valence-corrected chi connectivity index (χ0v) is 9.43.